The third-order valence-corrected chi connectivity index (χ3v) is 4.12. The Morgan fingerprint density at radius 3 is 2.60 bits per heavy atom. The average Bonchev–Trinajstić information content (AvgIpc) is 2.54. The van der Waals surface area contributed by atoms with Crippen LogP contribution >= 0.6 is 0 Å². The van der Waals surface area contributed by atoms with Crippen LogP contribution in [-0.2, 0) is 4.74 Å². The first-order valence-corrected chi connectivity index (χ1v) is 8.57. The SMILES string of the molecule is CC(C)(C)OC(=O)N1CCC(Oc2ccc3c[n+]([O-])ccc3c2)CC1. The van der Waals surface area contributed by atoms with E-state index in [0.717, 1.165) is 34.1 Å². The zero-order chi connectivity index (χ0) is 18.0. The number of likely N-dealkylation sites (tertiary alicyclic amines) is 1. The molecule has 0 spiro atoms. The number of carbonyl (C=O) groups is 1. The standard InChI is InChI=1S/C19H24N2O4/c1-19(2,3)25-18(22)20-9-7-16(8-10-20)24-17-5-4-15-13-21(23)11-6-14(15)12-17/h4-6,11-13,16H,7-10H2,1-3H3. The minimum absolute atomic E-state index is 0.0734. The largest absolute Gasteiger partial charge is 0.619 e. The number of pyridine rings is 1. The van der Waals surface area contributed by atoms with Gasteiger partial charge in [-0.3, -0.25) is 0 Å². The highest BCUT2D eigenvalue weighted by Gasteiger charge is 2.27. The van der Waals surface area contributed by atoms with Gasteiger partial charge in [0.2, 0.25) is 0 Å². The Morgan fingerprint density at radius 2 is 1.92 bits per heavy atom. The van der Waals surface area contributed by atoms with E-state index in [1.54, 1.807) is 17.2 Å². The lowest BCUT2D eigenvalue weighted by atomic mass is 10.1. The number of hydrogen-bond donors (Lipinski definition) is 0. The number of fused-ring (bicyclic) bond motifs is 1. The molecule has 0 radical (unpaired) electrons. The minimum atomic E-state index is -0.474. The van der Waals surface area contributed by atoms with Crippen LogP contribution in [0.2, 0.25) is 0 Å². The van der Waals surface area contributed by atoms with Gasteiger partial charge in [0.25, 0.3) is 0 Å². The van der Waals surface area contributed by atoms with Crippen molar-refractivity contribution in [2.75, 3.05) is 13.1 Å². The smallest absolute Gasteiger partial charge is 0.410 e. The van der Waals surface area contributed by atoms with Gasteiger partial charge in [-0.15, -0.1) is 0 Å². The van der Waals surface area contributed by atoms with Crippen LogP contribution in [0.15, 0.2) is 36.7 Å². The summed E-state index contributed by atoms with van der Waals surface area (Å²) in [6, 6.07) is 7.48. The van der Waals surface area contributed by atoms with Crippen molar-refractivity contribution in [3.05, 3.63) is 41.9 Å². The van der Waals surface area contributed by atoms with E-state index >= 15 is 0 Å². The van der Waals surface area contributed by atoms with E-state index in [1.807, 2.05) is 39.0 Å². The Morgan fingerprint density at radius 1 is 1.20 bits per heavy atom. The molecule has 1 fully saturated rings. The molecule has 0 N–H and O–H groups in total. The van der Waals surface area contributed by atoms with Gasteiger partial charge in [0, 0.05) is 37.4 Å². The molecule has 1 aliphatic rings. The predicted octanol–water partition coefficient (Wildman–Crippen LogP) is 3.25. The topological polar surface area (TPSA) is 65.7 Å². The molecule has 1 amide bonds. The Balaban J connectivity index is 1.57. The van der Waals surface area contributed by atoms with Crippen LogP contribution in [0.3, 0.4) is 0 Å². The minimum Gasteiger partial charge on any atom is -0.619 e. The summed E-state index contributed by atoms with van der Waals surface area (Å²) < 4.78 is 12.3. The number of nitrogens with zero attached hydrogens (tertiary/aromatic N) is 2. The van der Waals surface area contributed by atoms with Crippen molar-refractivity contribution < 1.29 is 19.0 Å². The normalized spacial score (nSPS) is 16.0. The number of amides is 1. The number of hydrogen-bond acceptors (Lipinski definition) is 4. The Hall–Kier alpha value is -2.50. The summed E-state index contributed by atoms with van der Waals surface area (Å²) in [4.78, 5) is 13.8. The molecular weight excluding hydrogens is 320 g/mol. The number of piperidine rings is 1. The highest BCUT2D eigenvalue weighted by molar-refractivity contribution is 5.82. The second kappa shape index (κ2) is 6.78. The lowest BCUT2D eigenvalue weighted by Crippen LogP contribution is -2.44. The van der Waals surface area contributed by atoms with Crippen LogP contribution in [-0.4, -0.2) is 35.8 Å². The van der Waals surface area contributed by atoms with Crippen molar-refractivity contribution in [2.45, 2.75) is 45.3 Å². The molecule has 0 bridgehead atoms. The van der Waals surface area contributed by atoms with Crippen molar-refractivity contribution in [3.8, 4) is 5.75 Å². The van der Waals surface area contributed by atoms with Gasteiger partial charge < -0.3 is 19.6 Å². The number of aromatic nitrogens is 1. The van der Waals surface area contributed by atoms with Crippen LogP contribution in [0.1, 0.15) is 33.6 Å². The number of benzene rings is 1. The van der Waals surface area contributed by atoms with Gasteiger partial charge >= 0.3 is 6.09 Å². The maximum absolute atomic E-state index is 12.1. The summed E-state index contributed by atoms with van der Waals surface area (Å²) in [5.41, 5.74) is -0.474. The van der Waals surface area contributed by atoms with Gasteiger partial charge in [-0.25, -0.2) is 4.79 Å². The van der Waals surface area contributed by atoms with Gasteiger partial charge in [0.15, 0.2) is 12.4 Å². The van der Waals surface area contributed by atoms with E-state index < -0.39 is 5.60 Å². The summed E-state index contributed by atoms with van der Waals surface area (Å²) in [7, 11) is 0. The quantitative estimate of drug-likeness (QED) is 0.619. The highest BCUT2D eigenvalue weighted by Crippen LogP contribution is 2.24. The van der Waals surface area contributed by atoms with Gasteiger partial charge in [0.05, 0.1) is 0 Å². The van der Waals surface area contributed by atoms with Crippen molar-refractivity contribution in [1.82, 2.24) is 4.90 Å². The molecule has 25 heavy (non-hydrogen) atoms. The van der Waals surface area contributed by atoms with Crippen molar-refractivity contribution in [3.63, 3.8) is 0 Å². The fourth-order valence-electron chi connectivity index (χ4n) is 2.90. The number of ether oxygens (including phenoxy) is 2. The van der Waals surface area contributed by atoms with Crippen molar-refractivity contribution in [1.29, 1.82) is 0 Å². The summed E-state index contributed by atoms with van der Waals surface area (Å²) >= 11 is 0. The van der Waals surface area contributed by atoms with Gasteiger partial charge in [-0.1, -0.05) is 0 Å². The number of carbonyl (C=O) groups excluding carboxylic acids is 1. The lowest BCUT2D eigenvalue weighted by molar-refractivity contribution is -0.603. The maximum atomic E-state index is 12.1. The van der Waals surface area contributed by atoms with Gasteiger partial charge in [0.1, 0.15) is 17.5 Å². The zero-order valence-electron chi connectivity index (χ0n) is 14.9. The Kier molecular flexibility index (Phi) is 4.70. The molecule has 1 saturated heterocycles. The molecule has 1 aromatic carbocycles. The Labute approximate surface area is 147 Å². The van der Waals surface area contributed by atoms with Crippen LogP contribution in [0, 0.1) is 5.21 Å². The predicted molar refractivity (Wildman–Crippen MR) is 94.4 cm³/mol. The van der Waals surface area contributed by atoms with Crippen LogP contribution < -0.4 is 9.47 Å². The van der Waals surface area contributed by atoms with E-state index in [2.05, 4.69) is 0 Å². The fourth-order valence-corrected chi connectivity index (χ4v) is 2.90. The van der Waals surface area contributed by atoms with Crippen molar-refractivity contribution >= 4 is 16.9 Å². The average molecular weight is 344 g/mol. The molecular formula is C19H24N2O4. The third kappa shape index (κ3) is 4.53. The zero-order valence-corrected chi connectivity index (χ0v) is 14.9. The molecule has 2 aromatic rings. The summed E-state index contributed by atoms with van der Waals surface area (Å²) in [5.74, 6) is 0.784. The molecule has 0 atom stereocenters. The van der Waals surface area contributed by atoms with E-state index in [9.17, 15) is 10.0 Å². The molecule has 6 heteroatoms. The van der Waals surface area contributed by atoms with Crippen LogP contribution in [0.4, 0.5) is 4.79 Å². The second-order valence-corrected chi connectivity index (χ2v) is 7.38. The molecule has 3 rings (SSSR count). The maximum Gasteiger partial charge on any atom is 0.410 e. The summed E-state index contributed by atoms with van der Waals surface area (Å²) in [6.45, 7) is 6.87. The van der Waals surface area contributed by atoms with Crippen LogP contribution in [0.25, 0.3) is 10.8 Å². The fraction of sp³-hybridized carbons (Fsp3) is 0.474. The lowest BCUT2D eigenvalue weighted by Gasteiger charge is -2.33. The second-order valence-electron chi connectivity index (χ2n) is 7.38. The Bertz CT molecular complexity index is 762. The monoisotopic (exact) mass is 344 g/mol. The summed E-state index contributed by atoms with van der Waals surface area (Å²) in [5, 5.41) is 13.1. The molecule has 0 saturated carbocycles. The van der Waals surface area contributed by atoms with E-state index in [4.69, 9.17) is 9.47 Å². The summed E-state index contributed by atoms with van der Waals surface area (Å²) in [6.07, 6.45) is 4.37. The van der Waals surface area contributed by atoms with E-state index in [0.29, 0.717) is 13.1 Å². The number of rotatable bonds is 2. The van der Waals surface area contributed by atoms with E-state index in [1.165, 1.54) is 6.20 Å². The molecule has 6 nitrogen and oxygen atoms in total. The van der Waals surface area contributed by atoms with Gasteiger partial charge in [-0.2, -0.15) is 4.73 Å². The van der Waals surface area contributed by atoms with E-state index in [-0.39, 0.29) is 12.2 Å². The van der Waals surface area contributed by atoms with Crippen LogP contribution in [0.5, 0.6) is 5.75 Å². The third-order valence-electron chi connectivity index (χ3n) is 4.12. The molecule has 2 heterocycles. The first-order chi connectivity index (χ1) is 11.8. The first kappa shape index (κ1) is 17.3. The molecule has 1 aliphatic heterocycles. The molecule has 134 valence electrons. The molecule has 0 aliphatic carbocycles. The van der Waals surface area contributed by atoms with Crippen molar-refractivity contribution in [2.24, 2.45) is 0 Å². The molecule has 0 unspecified atom stereocenters. The highest BCUT2D eigenvalue weighted by atomic mass is 16.6. The first-order valence-electron chi connectivity index (χ1n) is 8.57. The van der Waals surface area contributed by atoms with Gasteiger partial charge in [-0.05, 0) is 44.4 Å². The molecule has 1 aromatic heterocycles.